The molecule has 5 heteroatoms. The number of carbonyl (C=O) groups is 3. The predicted molar refractivity (Wildman–Crippen MR) is 57.3 cm³/mol. The molecular formula is C11H12N2O3. The number of hydrogen-bond donors (Lipinski definition) is 2. The Labute approximate surface area is 92.6 Å². The van der Waals surface area contributed by atoms with Crippen molar-refractivity contribution in [2.45, 2.75) is 6.92 Å². The van der Waals surface area contributed by atoms with Crippen LogP contribution in [0.4, 0.5) is 0 Å². The summed E-state index contributed by atoms with van der Waals surface area (Å²) in [5, 5.41) is 2.10. The minimum atomic E-state index is -1.02. The van der Waals surface area contributed by atoms with Crippen LogP contribution >= 0.6 is 0 Å². The van der Waals surface area contributed by atoms with Crippen molar-refractivity contribution in [2.24, 2.45) is 11.7 Å². The molecule has 0 aliphatic heterocycles. The largest absolute Gasteiger partial charge is 0.369 e. The Morgan fingerprint density at radius 1 is 1.19 bits per heavy atom. The van der Waals surface area contributed by atoms with E-state index in [1.54, 1.807) is 30.3 Å². The number of benzene rings is 1. The van der Waals surface area contributed by atoms with Gasteiger partial charge in [-0.15, -0.1) is 0 Å². The highest BCUT2D eigenvalue weighted by Gasteiger charge is 2.20. The van der Waals surface area contributed by atoms with E-state index in [1.807, 2.05) is 0 Å². The van der Waals surface area contributed by atoms with Crippen molar-refractivity contribution >= 4 is 17.7 Å². The summed E-state index contributed by atoms with van der Waals surface area (Å²) in [6.45, 7) is 1.34. The lowest BCUT2D eigenvalue weighted by molar-refractivity contribution is -0.132. The van der Waals surface area contributed by atoms with Crippen LogP contribution in [0.5, 0.6) is 0 Å². The SMILES string of the molecule is CC(C(N)=O)C(=O)NC(=O)c1ccccc1. The molecule has 1 rings (SSSR count). The van der Waals surface area contributed by atoms with Crippen LogP contribution in [0.15, 0.2) is 30.3 Å². The van der Waals surface area contributed by atoms with Crippen molar-refractivity contribution in [1.29, 1.82) is 0 Å². The summed E-state index contributed by atoms with van der Waals surface area (Å²) in [4.78, 5) is 33.5. The maximum Gasteiger partial charge on any atom is 0.257 e. The minimum absolute atomic E-state index is 0.354. The third-order valence-corrected chi connectivity index (χ3v) is 2.09. The molecule has 1 atom stereocenters. The topological polar surface area (TPSA) is 89.3 Å². The van der Waals surface area contributed by atoms with Crippen molar-refractivity contribution in [3.8, 4) is 0 Å². The Morgan fingerprint density at radius 2 is 1.75 bits per heavy atom. The average molecular weight is 220 g/mol. The molecule has 84 valence electrons. The quantitative estimate of drug-likeness (QED) is 0.706. The van der Waals surface area contributed by atoms with Crippen molar-refractivity contribution in [3.05, 3.63) is 35.9 Å². The number of carbonyl (C=O) groups excluding carboxylic acids is 3. The fourth-order valence-corrected chi connectivity index (χ4v) is 1.01. The lowest BCUT2D eigenvalue weighted by Gasteiger charge is -2.07. The van der Waals surface area contributed by atoms with Crippen molar-refractivity contribution in [3.63, 3.8) is 0 Å². The van der Waals surface area contributed by atoms with Crippen LogP contribution in [0.25, 0.3) is 0 Å². The highest BCUT2D eigenvalue weighted by Crippen LogP contribution is 1.99. The third-order valence-electron chi connectivity index (χ3n) is 2.09. The molecule has 1 aromatic carbocycles. The zero-order valence-corrected chi connectivity index (χ0v) is 8.77. The Bertz CT molecular complexity index is 414. The van der Waals surface area contributed by atoms with E-state index in [1.165, 1.54) is 6.92 Å². The molecule has 0 radical (unpaired) electrons. The Balaban J connectivity index is 2.66. The molecule has 3 N–H and O–H groups in total. The van der Waals surface area contributed by atoms with Gasteiger partial charge in [-0.25, -0.2) is 0 Å². The fraction of sp³-hybridized carbons (Fsp3) is 0.182. The van der Waals surface area contributed by atoms with Crippen LogP contribution in [0, 0.1) is 5.92 Å². The number of primary amides is 1. The molecule has 0 fully saturated rings. The van der Waals surface area contributed by atoms with E-state index in [0.29, 0.717) is 5.56 Å². The van der Waals surface area contributed by atoms with Crippen molar-refractivity contribution in [1.82, 2.24) is 5.32 Å². The molecule has 0 saturated carbocycles. The molecule has 5 nitrogen and oxygen atoms in total. The predicted octanol–water partition coefficient (Wildman–Crippen LogP) is 0.0644. The second-order valence-electron chi connectivity index (χ2n) is 3.31. The lowest BCUT2D eigenvalue weighted by atomic mass is 10.1. The summed E-state index contributed by atoms with van der Waals surface area (Å²) in [6, 6.07) is 8.24. The molecule has 0 aromatic heterocycles. The Hall–Kier alpha value is -2.17. The Morgan fingerprint density at radius 3 is 2.25 bits per heavy atom. The van der Waals surface area contributed by atoms with Crippen LogP contribution in [0.3, 0.4) is 0 Å². The van der Waals surface area contributed by atoms with Crippen LogP contribution in [-0.2, 0) is 9.59 Å². The second kappa shape index (κ2) is 5.06. The minimum Gasteiger partial charge on any atom is -0.369 e. The van der Waals surface area contributed by atoms with Gasteiger partial charge in [-0.1, -0.05) is 18.2 Å². The summed E-state index contributed by atoms with van der Waals surface area (Å²) >= 11 is 0. The monoisotopic (exact) mass is 220 g/mol. The van der Waals surface area contributed by atoms with Gasteiger partial charge < -0.3 is 5.73 Å². The van der Waals surface area contributed by atoms with Crippen molar-refractivity contribution < 1.29 is 14.4 Å². The van der Waals surface area contributed by atoms with E-state index in [4.69, 9.17) is 5.73 Å². The van der Waals surface area contributed by atoms with Crippen LogP contribution in [0.2, 0.25) is 0 Å². The Kier molecular flexibility index (Phi) is 3.77. The van der Waals surface area contributed by atoms with Crippen molar-refractivity contribution in [2.75, 3.05) is 0 Å². The number of rotatable bonds is 3. The molecule has 0 aliphatic rings. The first kappa shape index (κ1) is 11.9. The molecule has 0 spiro atoms. The summed E-state index contributed by atoms with van der Waals surface area (Å²) in [6.07, 6.45) is 0. The van der Waals surface area contributed by atoms with E-state index in [-0.39, 0.29) is 0 Å². The van der Waals surface area contributed by atoms with Crippen LogP contribution in [-0.4, -0.2) is 17.7 Å². The van der Waals surface area contributed by atoms with E-state index >= 15 is 0 Å². The van der Waals surface area contributed by atoms with Gasteiger partial charge in [0.1, 0.15) is 5.92 Å². The zero-order valence-electron chi connectivity index (χ0n) is 8.77. The molecule has 0 heterocycles. The number of nitrogens with one attached hydrogen (secondary N) is 1. The molecular weight excluding hydrogens is 208 g/mol. The maximum atomic E-state index is 11.5. The standard InChI is InChI=1S/C11H12N2O3/c1-7(9(12)14)10(15)13-11(16)8-5-3-2-4-6-8/h2-7H,1H3,(H2,12,14)(H,13,15,16). The van der Waals surface area contributed by atoms with Gasteiger partial charge in [-0.2, -0.15) is 0 Å². The van der Waals surface area contributed by atoms with E-state index in [2.05, 4.69) is 5.32 Å². The first-order chi connectivity index (χ1) is 7.52. The number of hydrogen-bond acceptors (Lipinski definition) is 3. The second-order valence-corrected chi connectivity index (χ2v) is 3.31. The van der Waals surface area contributed by atoms with Gasteiger partial charge in [0, 0.05) is 5.56 Å². The first-order valence-corrected chi connectivity index (χ1v) is 4.72. The highest BCUT2D eigenvalue weighted by atomic mass is 16.2. The van der Waals surface area contributed by atoms with Gasteiger partial charge in [0.15, 0.2) is 0 Å². The molecule has 1 unspecified atom stereocenters. The van der Waals surface area contributed by atoms with Gasteiger partial charge >= 0.3 is 0 Å². The zero-order chi connectivity index (χ0) is 12.1. The molecule has 0 bridgehead atoms. The van der Waals surface area contributed by atoms with Crippen LogP contribution < -0.4 is 11.1 Å². The summed E-state index contributed by atoms with van der Waals surface area (Å²) in [5.74, 6) is -3.02. The van der Waals surface area contributed by atoms with E-state index < -0.39 is 23.6 Å². The third kappa shape index (κ3) is 2.91. The molecule has 16 heavy (non-hydrogen) atoms. The first-order valence-electron chi connectivity index (χ1n) is 4.72. The lowest BCUT2D eigenvalue weighted by Crippen LogP contribution is -2.40. The summed E-state index contributed by atoms with van der Waals surface area (Å²) < 4.78 is 0. The van der Waals surface area contributed by atoms with E-state index in [9.17, 15) is 14.4 Å². The summed E-state index contributed by atoms with van der Waals surface area (Å²) in [7, 11) is 0. The van der Waals surface area contributed by atoms with Gasteiger partial charge in [0.25, 0.3) is 5.91 Å². The molecule has 0 saturated heterocycles. The van der Waals surface area contributed by atoms with Gasteiger partial charge in [-0.05, 0) is 19.1 Å². The molecule has 0 aliphatic carbocycles. The van der Waals surface area contributed by atoms with E-state index in [0.717, 1.165) is 0 Å². The van der Waals surface area contributed by atoms with Gasteiger partial charge in [0.05, 0.1) is 0 Å². The number of amides is 3. The number of imide groups is 1. The fourth-order valence-electron chi connectivity index (χ4n) is 1.01. The summed E-state index contributed by atoms with van der Waals surface area (Å²) in [5.41, 5.74) is 5.29. The normalized spacial score (nSPS) is 11.6. The average Bonchev–Trinajstić information content (AvgIpc) is 2.28. The highest BCUT2D eigenvalue weighted by molar-refractivity contribution is 6.10. The molecule has 1 aromatic rings. The smallest absolute Gasteiger partial charge is 0.257 e. The van der Waals surface area contributed by atoms with Gasteiger partial charge in [-0.3, -0.25) is 19.7 Å². The number of nitrogens with two attached hydrogens (primary N) is 1. The molecule has 3 amide bonds. The maximum absolute atomic E-state index is 11.5. The van der Waals surface area contributed by atoms with Crippen LogP contribution in [0.1, 0.15) is 17.3 Å². The van der Waals surface area contributed by atoms with Gasteiger partial charge in [0.2, 0.25) is 11.8 Å².